The van der Waals surface area contributed by atoms with Gasteiger partial charge in [-0.1, -0.05) is 13.0 Å². The van der Waals surface area contributed by atoms with Crippen molar-refractivity contribution in [3.05, 3.63) is 17.5 Å². The molecule has 80 valence electrons. The highest BCUT2D eigenvalue weighted by Crippen LogP contribution is 2.14. The summed E-state index contributed by atoms with van der Waals surface area (Å²) in [4.78, 5) is 0. The van der Waals surface area contributed by atoms with Gasteiger partial charge in [0.2, 0.25) is 10.0 Å². The third-order valence-electron chi connectivity index (χ3n) is 1.74. The van der Waals surface area contributed by atoms with Gasteiger partial charge in [-0.05, 0) is 17.9 Å². The number of aliphatic hydroxyl groups excluding tert-OH is 1. The zero-order valence-corrected chi connectivity index (χ0v) is 9.44. The summed E-state index contributed by atoms with van der Waals surface area (Å²) in [6, 6.07) is 3.21. The molecule has 0 fully saturated rings. The average molecular weight is 235 g/mol. The predicted octanol–water partition coefficient (Wildman–Crippen LogP) is 0.797. The van der Waals surface area contributed by atoms with Crippen LogP contribution in [0.2, 0.25) is 0 Å². The Bertz CT molecular complexity index is 358. The lowest BCUT2D eigenvalue weighted by Crippen LogP contribution is -2.31. The van der Waals surface area contributed by atoms with Crippen LogP contribution in [0.25, 0.3) is 0 Å². The fraction of sp³-hybridized carbons (Fsp3) is 0.500. The van der Waals surface area contributed by atoms with E-state index in [-0.39, 0.29) is 10.8 Å². The molecule has 0 bridgehead atoms. The number of nitrogens with one attached hydrogen (secondary N) is 1. The van der Waals surface area contributed by atoms with Crippen LogP contribution in [0.3, 0.4) is 0 Å². The highest BCUT2D eigenvalue weighted by molar-refractivity contribution is 7.91. The lowest BCUT2D eigenvalue weighted by Gasteiger charge is -2.08. The van der Waals surface area contributed by atoms with Gasteiger partial charge in [-0.2, -0.15) is 0 Å². The van der Waals surface area contributed by atoms with E-state index in [1.54, 1.807) is 18.4 Å². The Morgan fingerprint density at radius 1 is 1.64 bits per heavy atom. The maximum absolute atomic E-state index is 11.5. The summed E-state index contributed by atoms with van der Waals surface area (Å²) < 4.78 is 25.6. The third kappa shape index (κ3) is 3.06. The van der Waals surface area contributed by atoms with Crippen molar-refractivity contribution in [2.75, 3.05) is 6.54 Å². The molecule has 0 radical (unpaired) electrons. The summed E-state index contributed by atoms with van der Waals surface area (Å²) in [5, 5.41) is 10.9. The van der Waals surface area contributed by atoms with Gasteiger partial charge >= 0.3 is 0 Å². The number of aliphatic hydroxyl groups is 1. The molecule has 0 spiro atoms. The molecule has 1 atom stereocenters. The van der Waals surface area contributed by atoms with Crippen LogP contribution < -0.4 is 4.72 Å². The number of rotatable bonds is 5. The van der Waals surface area contributed by atoms with E-state index < -0.39 is 16.1 Å². The number of hydrogen-bond donors (Lipinski definition) is 2. The van der Waals surface area contributed by atoms with Crippen molar-refractivity contribution >= 4 is 21.4 Å². The van der Waals surface area contributed by atoms with Crippen LogP contribution in [-0.2, 0) is 10.0 Å². The molecule has 2 N–H and O–H groups in total. The van der Waals surface area contributed by atoms with E-state index in [9.17, 15) is 13.5 Å². The van der Waals surface area contributed by atoms with Crippen molar-refractivity contribution in [2.45, 2.75) is 23.7 Å². The van der Waals surface area contributed by atoms with Crippen LogP contribution in [0.5, 0.6) is 0 Å². The van der Waals surface area contributed by atoms with Crippen molar-refractivity contribution < 1.29 is 13.5 Å². The second-order valence-electron chi connectivity index (χ2n) is 2.85. The van der Waals surface area contributed by atoms with E-state index in [4.69, 9.17) is 0 Å². The van der Waals surface area contributed by atoms with Crippen molar-refractivity contribution in [2.24, 2.45) is 0 Å². The molecule has 1 unspecified atom stereocenters. The SMILES string of the molecule is CCC(O)CNS(=O)(=O)c1cccs1. The Morgan fingerprint density at radius 3 is 2.86 bits per heavy atom. The molecule has 6 heteroatoms. The van der Waals surface area contributed by atoms with E-state index in [0.29, 0.717) is 6.42 Å². The molecule has 0 aliphatic heterocycles. The minimum Gasteiger partial charge on any atom is -0.392 e. The van der Waals surface area contributed by atoms with Gasteiger partial charge in [-0.25, -0.2) is 13.1 Å². The number of sulfonamides is 1. The normalized spacial score (nSPS) is 14.1. The summed E-state index contributed by atoms with van der Waals surface area (Å²) in [5.74, 6) is 0. The molecular weight excluding hydrogens is 222 g/mol. The Labute approximate surface area is 87.6 Å². The molecule has 1 aromatic rings. The molecular formula is C8H13NO3S2. The number of hydrogen-bond acceptors (Lipinski definition) is 4. The molecule has 14 heavy (non-hydrogen) atoms. The minimum atomic E-state index is -3.41. The molecule has 1 aromatic heterocycles. The highest BCUT2D eigenvalue weighted by Gasteiger charge is 2.15. The van der Waals surface area contributed by atoms with Crippen LogP contribution in [0, 0.1) is 0 Å². The lowest BCUT2D eigenvalue weighted by atomic mass is 10.3. The maximum atomic E-state index is 11.5. The van der Waals surface area contributed by atoms with Crippen LogP contribution in [0.1, 0.15) is 13.3 Å². The fourth-order valence-electron chi connectivity index (χ4n) is 0.838. The van der Waals surface area contributed by atoms with Crippen molar-refractivity contribution in [3.8, 4) is 0 Å². The van der Waals surface area contributed by atoms with E-state index in [2.05, 4.69) is 4.72 Å². The van der Waals surface area contributed by atoms with Crippen LogP contribution in [-0.4, -0.2) is 26.2 Å². The minimum absolute atomic E-state index is 0.0662. The van der Waals surface area contributed by atoms with Gasteiger partial charge in [0.05, 0.1) is 6.10 Å². The van der Waals surface area contributed by atoms with E-state index in [0.717, 1.165) is 11.3 Å². The second kappa shape index (κ2) is 4.88. The second-order valence-corrected chi connectivity index (χ2v) is 5.79. The summed E-state index contributed by atoms with van der Waals surface area (Å²) in [5.41, 5.74) is 0. The first kappa shape index (κ1) is 11.6. The highest BCUT2D eigenvalue weighted by atomic mass is 32.2. The summed E-state index contributed by atoms with van der Waals surface area (Å²) in [6.07, 6.45) is -0.0859. The Balaban J connectivity index is 2.60. The monoisotopic (exact) mass is 235 g/mol. The molecule has 4 nitrogen and oxygen atoms in total. The molecule has 0 aliphatic carbocycles. The standard InChI is InChI=1S/C8H13NO3S2/c1-2-7(10)6-9-14(11,12)8-4-3-5-13-8/h3-5,7,9-10H,2,6H2,1H3. The zero-order chi connectivity index (χ0) is 10.6. The van der Waals surface area contributed by atoms with Gasteiger partial charge in [0, 0.05) is 6.54 Å². The van der Waals surface area contributed by atoms with Gasteiger partial charge in [0.25, 0.3) is 0 Å². The molecule has 0 aliphatic rings. The van der Waals surface area contributed by atoms with E-state index in [1.165, 1.54) is 6.07 Å². The van der Waals surface area contributed by atoms with Crippen molar-refractivity contribution in [3.63, 3.8) is 0 Å². The van der Waals surface area contributed by atoms with E-state index >= 15 is 0 Å². The third-order valence-corrected chi connectivity index (χ3v) is 4.56. The first-order valence-electron chi connectivity index (χ1n) is 4.27. The van der Waals surface area contributed by atoms with Crippen LogP contribution in [0.4, 0.5) is 0 Å². The Morgan fingerprint density at radius 2 is 2.36 bits per heavy atom. The quantitative estimate of drug-likeness (QED) is 0.793. The average Bonchev–Trinajstić information content (AvgIpc) is 2.67. The van der Waals surface area contributed by atoms with Gasteiger partial charge in [-0.3, -0.25) is 0 Å². The van der Waals surface area contributed by atoms with Crippen molar-refractivity contribution in [1.29, 1.82) is 0 Å². The predicted molar refractivity (Wildman–Crippen MR) is 55.8 cm³/mol. The lowest BCUT2D eigenvalue weighted by molar-refractivity contribution is 0.174. The summed E-state index contributed by atoms with van der Waals surface area (Å²) in [6.45, 7) is 1.86. The summed E-state index contributed by atoms with van der Waals surface area (Å²) in [7, 11) is -3.41. The first-order chi connectivity index (χ1) is 6.56. The summed E-state index contributed by atoms with van der Waals surface area (Å²) >= 11 is 1.16. The first-order valence-corrected chi connectivity index (χ1v) is 6.63. The van der Waals surface area contributed by atoms with Gasteiger partial charge in [-0.15, -0.1) is 11.3 Å². The largest absolute Gasteiger partial charge is 0.392 e. The van der Waals surface area contributed by atoms with Crippen LogP contribution in [0.15, 0.2) is 21.7 Å². The number of thiophene rings is 1. The zero-order valence-electron chi connectivity index (χ0n) is 7.80. The van der Waals surface area contributed by atoms with Crippen molar-refractivity contribution in [1.82, 2.24) is 4.72 Å². The van der Waals surface area contributed by atoms with Gasteiger partial charge in [0.1, 0.15) is 4.21 Å². The molecule has 0 saturated carbocycles. The molecule has 1 rings (SSSR count). The van der Waals surface area contributed by atoms with E-state index in [1.807, 2.05) is 0 Å². The molecule has 1 heterocycles. The Kier molecular flexibility index (Phi) is 4.06. The molecule has 0 saturated heterocycles. The fourth-order valence-corrected chi connectivity index (χ4v) is 2.95. The molecule has 0 amide bonds. The molecule has 0 aromatic carbocycles. The van der Waals surface area contributed by atoms with Gasteiger partial charge < -0.3 is 5.11 Å². The maximum Gasteiger partial charge on any atom is 0.250 e. The topological polar surface area (TPSA) is 66.4 Å². The van der Waals surface area contributed by atoms with Gasteiger partial charge in [0.15, 0.2) is 0 Å². The Hall–Kier alpha value is -0.430. The smallest absolute Gasteiger partial charge is 0.250 e. The van der Waals surface area contributed by atoms with Crippen LogP contribution >= 0.6 is 11.3 Å².